The summed E-state index contributed by atoms with van der Waals surface area (Å²) in [6.45, 7) is 4.51. The summed E-state index contributed by atoms with van der Waals surface area (Å²) in [5.74, 6) is -0.176. The topological polar surface area (TPSA) is 70.6 Å². The van der Waals surface area contributed by atoms with Crippen LogP contribution in [0.4, 0.5) is 18.9 Å². The minimum Gasteiger partial charge on any atom is -0.356 e. The van der Waals surface area contributed by atoms with Gasteiger partial charge in [0.25, 0.3) is 0 Å². The van der Waals surface area contributed by atoms with E-state index in [1.54, 1.807) is 0 Å². The zero-order valence-corrected chi connectivity index (χ0v) is 15.2. The predicted octanol–water partition coefficient (Wildman–Crippen LogP) is 3.48. The Balaban J connectivity index is 2.00. The second-order valence-electron chi connectivity index (χ2n) is 6.26. The van der Waals surface area contributed by atoms with Crippen molar-refractivity contribution in [3.63, 3.8) is 0 Å². The Labute approximate surface area is 153 Å². The highest BCUT2D eigenvalue weighted by atomic mass is 32.2. The number of amides is 2. The Morgan fingerprint density at radius 1 is 1.35 bits per heavy atom. The SMILES string of the molecule is CC(C)CNC(=O)CCC1SC(=Nc2ccccc2C(F)(F)F)NC1=O. The minimum absolute atomic E-state index is 0.110. The molecular formula is C17H20F3N3O2S. The zero-order valence-electron chi connectivity index (χ0n) is 14.4. The van der Waals surface area contributed by atoms with E-state index >= 15 is 0 Å². The Kier molecular flexibility index (Phi) is 6.69. The summed E-state index contributed by atoms with van der Waals surface area (Å²) in [6, 6.07) is 4.92. The van der Waals surface area contributed by atoms with E-state index in [0.717, 1.165) is 17.8 Å². The lowest BCUT2D eigenvalue weighted by molar-refractivity contribution is -0.137. The van der Waals surface area contributed by atoms with Gasteiger partial charge in [0.2, 0.25) is 11.8 Å². The van der Waals surface area contributed by atoms with Crippen molar-refractivity contribution >= 4 is 34.4 Å². The number of carbonyl (C=O) groups is 2. The van der Waals surface area contributed by atoms with Crippen LogP contribution in [0.2, 0.25) is 0 Å². The number of hydrogen-bond donors (Lipinski definition) is 2. The fourth-order valence-corrected chi connectivity index (χ4v) is 3.22. The second-order valence-corrected chi connectivity index (χ2v) is 7.46. The van der Waals surface area contributed by atoms with Crippen molar-refractivity contribution in [3.8, 4) is 0 Å². The van der Waals surface area contributed by atoms with E-state index in [4.69, 9.17) is 0 Å². The van der Waals surface area contributed by atoms with E-state index < -0.39 is 17.0 Å². The lowest BCUT2D eigenvalue weighted by atomic mass is 10.2. The van der Waals surface area contributed by atoms with Crippen molar-refractivity contribution in [1.82, 2.24) is 10.6 Å². The van der Waals surface area contributed by atoms with Crippen LogP contribution >= 0.6 is 11.8 Å². The average Bonchev–Trinajstić information content (AvgIpc) is 2.90. The third-order valence-electron chi connectivity index (χ3n) is 3.55. The fraction of sp³-hybridized carbons (Fsp3) is 0.471. The van der Waals surface area contributed by atoms with Crippen LogP contribution in [0.1, 0.15) is 32.3 Å². The highest BCUT2D eigenvalue weighted by molar-refractivity contribution is 8.15. The van der Waals surface area contributed by atoms with Crippen molar-refractivity contribution in [2.75, 3.05) is 6.54 Å². The van der Waals surface area contributed by atoms with Gasteiger partial charge in [-0.1, -0.05) is 37.7 Å². The number of nitrogens with zero attached hydrogens (tertiary/aromatic N) is 1. The van der Waals surface area contributed by atoms with E-state index in [-0.39, 0.29) is 29.1 Å². The maximum Gasteiger partial charge on any atom is 0.418 e. The lowest BCUT2D eigenvalue weighted by Crippen LogP contribution is -2.29. The maximum absolute atomic E-state index is 13.0. The van der Waals surface area contributed by atoms with E-state index in [0.29, 0.717) is 18.9 Å². The first-order chi connectivity index (χ1) is 12.2. The van der Waals surface area contributed by atoms with Gasteiger partial charge in [0.15, 0.2) is 5.17 Å². The van der Waals surface area contributed by atoms with Crippen LogP contribution in [-0.4, -0.2) is 28.8 Å². The second kappa shape index (κ2) is 8.57. The third kappa shape index (κ3) is 5.76. The predicted molar refractivity (Wildman–Crippen MR) is 95.1 cm³/mol. The molecule has 1 aromatic carbocycles. The maximum atomic E-state index is 13.0. The summed E-state index contributed by atoms with van der Waals surface area (Å²) in [5, 5.41) is 4.81. The normalized spacial score (nSPS) is 19.1. The van der Waals surface area contributed by atoms with E-state index in [2.05, 4.69) is 15.6 Å². The Hall–Kier alpha value is -2.03. The van der Waals surface area contributed by atoms with Gasteiger partial charge in [-0.3, -0.25) is 9.59 Å². The lowest BCUT2D eigenvalue weighted by Gasteiger charge is -2.09. The molecule has 1 atom stereocenters. The van der Waals surface area contributed by atoms with Crippen LogP contribution < -0.4 is 10.6 Å². The smallest absolute Gasteiger partial charge is 0.356 e. The number of benzene rings is 1. The molecule has 0 radical (unpaired) electrons. The Morgan fingerprint density at radius 2 is 2.04 bits per heavy atom. The number of thioether (sulfide) groups is 1. The van der Waals surface area contributed by atoms with Crippen LogP contribution in [0, 0.1) is 5.92 Å². The van der Waals surface area contributed by atoms with Crippen LogP contribution in [0.25, 0.3) is 0 Å². The van der Waals surface area contributed by atoms with Crippen LogP contribution in [0.3, 0.4) is 0 Å². The molecule has 0 aliphatic carbocycles. The molecular weight excluding hydrogens is 367 g/mol. The first-order valence-corrected chi connectivity index (χ1v) is 9.04. The molecule has 1 saturated heterocycles. The molecule has 1 aromatic rings. The summed E-state index contributed by atoms with van der Waals surface area (Å²) in [7, 11) is 0. The highest BCUT2D eigenvalue weighted by Gasteiger charge is 2.35. The monoisotopic (exact) mass is 387 g/mol. The molecule has 0 aromatic heterocycles. The number of halogens is 3. The van der Waals surface area contributed by atoms with Gasteiger partial charge < -0.3 is 10.6 Å². The Morgan fingerprint density at radius 3 is 2.69 bits per heavy atom. The molecule has 1 heterocycles. The summed E-state index contributed by atoms with van der Waals surface area (Å²) >= 11 is 1.04. The molecule has 0 spiro atoms. The van der Waals surface area contributed by atoms with Gasteiger partial charge >= 0.3 is 6.18 Å². The summed E-state index contributed by atoms with van der Waals surface area (Å²) in [5.41, 5.74) is -1.11. The first-order valence-electron chi connectivity index (χ1n) is 8.16. The quantitative estimate of drug-likeness (QED) is 0.785. The molecule has 1 unspecified atom stereocenters. The number of alkyl halides is 3. The van der Waals surface area contributed by atoms with Gasteiger partial charge in [-0.25, -0.2) is 4.99 Å². The number of para-hydroxylation sites is 1. The summed E-state index contributed by atoms with van der Waals surface area (Å²) < 4.78 is 39.0. The van der Waals surface area contributed by atoms with Gasteiger partial charge in [-0.15, -0.1) is 0 Å². The standard InChI is InChI=1S/C17H20F3N3O2S/c1-10(2)9-21-14(24)8-7-13-15(25)23-16(26-13)22-12-6-4-3-5-11(12)17(18,19)20/h3-6,10,13H,7-9H2,1-2H3,(H,21,24)(H,22,23,25). The molecule has 1 fully saturated rings. The zero-order chi connectivity index (χ0) is 19.3. The molecule has 0 bridgehead atoms. The first kappa shape index (κ1) is 20.3. The van der Waals surface area contributed by atoms with Gasteiger partial charge in [0, 0.05) is 13.0 Å². The minimum atomic E-state index is -4.53. The molecule has 5 nitrogen and oxygen atoms in total. The molecule has 2 N–H and O–H groups in total. The number of carbonyl (C=O) groups excluding carboxylic acids is 2. The molecule has 0 saturated carbocycles. The van der Waals surface area contributed by atoms with Crippen LogP contribution in [0.15, 0.2) is 29.3 Å². The molecule has 2 amide bonds. The number of hydrogen-bond acceptors (Lipinski definition) is 4. The number of nitrogens with one attached hydrogen (secondary N) is 2. The average molecular weight is 387 g/mol. The molecule has 1 aliphatic rings. The summed E-state index contributed by atoms with van der Waals surface area (Å²) in [4.78, 5) is 27.6. The molecule has 2 rings (SSSR count). The largest absolute Gasteiger partial charge is 0.418 e. The molecule has 1 aliphatic heterocycles. The fourth-order valence-electron chi connectivity index (χ4n) is 2.24. The molecule has 26 heavy (non-hydrogen) atoms. The van der Waals surface area contributed by atoms with Crippen molar-refractivity contribution in [2.24, 2.45) is 10.9 Å². The van der Waals surface area contributed by atoms with Crippen molar-refractivity contribution < 1.29 is 22.8 Å². The number of rotatable bonds is 6. The Bertz CT molecular complexity index is 705. The van der Waals surface area contributed by atoms with Crippen molar-refractivity contribution in [3.05, 3.63) is 29.8 Å². The number of aliphatic imine (C=N–C) groups is 1. The third-order valence-corrected chi connectivity index (χ3v) is 4.70. The van der Waals surface area contributed by atoms with Crippen molar-refractivity contribution in [1.29, 1.82) is 0 Å². The van der Waals surface area contributed by atoms with Gasteiger partial charge in [-0.2, -0.15) is 13.2 Å². The number of amidine groups is 1. The van der Waals surface area contributed by atoms with Crippen LogP contribution in [-0.2, 0) is 15.8 Å². The van der Waals surface area contributed by atoms with Crippen LogP contribution in [0.5, 0.6) is 0 Å². The van der Waals surface area contributed by atoms with Gasteiger partial charge in [-0.05, 0) is 24.5 Å². The van der Waals surface area contributed by atoms with Gasteiger partial charge in [0.05, 0.1) is 16.5 Å². The van der Waals surface area contributed by atoms with Crippen molar-refractivity contribution in [2.45, 2.75) is 38.1 Å². The van der Waals surface area contributed by atoms with Gasteiger partial charge in [0.1, 0.15) is 0 Å². The molecule has 9 heteroatoms. The highest BCUT2D eigenvalue weighted by Crippen LogP contribution is 2.37. The van der Waals surface area contributed by atoms with E-state index in [1.165, 1.54) is 18.2 Å². The van der Waals surface area contributed by atoms with E-state index in [1.807, 2.05) is 13.8 Å². The molecule has 142 valence electrons. The summed E-state index contributed by atoms with van der Waals surface area (Å²) in [6.07, 6.45) is -4.06. The van der Waals surface area contributed by atoms with E-state index in [9.17, 15) is 22.8 Å².